The molecule has 1 aliphatic rings. The quantitative estimate of drug-likeness (QED) is 0.874. The van der Waals surface area contributed by atoms with Gasteiger partial charge in [-0.2, -0.15) is 0 Å². The van der Waals surface area contributed by atoms with Gasteiger partial charge in [-0.05, 0) is 58.0 Å². The minimum Gasteiger partial charge on any atom is -0.493 e. The number of rotatable bonds is 5. The van der Waals surface area contributed by atoms with Gasteiger partial charge in [-0.15, -0.1) is 0 Å². The van der Waals surface area contributed by atoms with E-state index in [2.05, 4.69) is 22.6 Å². The SMILES string of the molecule is COc1cccc2cc(C(C)NC(=O)NCC3CCN(C)CC3)oc12. The van der Waals surface area contributed by atoms with Gasteiger partial charge in [0.25, 0.3) is 0 Å². The summed E-state index contributed by atoms with van der Waals surface area (Å²) in [4.78, 5) is 14.5. The molecule has 0 aliphatic carbocycles. The van der Waals surface area contributed by atoms with Crippen molar-refractivity contribution in [1.29, 1.82) is 0 Å². The number of nitrogens with one attached hydrogen (secondary N) is 2. The molecule has 2 N–H and O–H groups in total. The van der Waals surface area contributed by atoms with Crippen molar-refractivity contribution >= 4 is 17.0 Å². The molecule has 0 saturated carbocycles. The number of hydrogen-bond acceptors (Lipinski definition) is 4. The summed E-state index contributed by atoms with van der Waals surface area (Å²) in [6.45, 7) is 4.84. The van der Waals surface area contributed by atoms with Crippen LogP contribution in [0.15, 0.2) is 28.7 Å². The lowest BCUT2D eigenvalue weighted by molar-refractivity contribution is 0.208. The number of para-hydroxylation sites is 1. The number of urea groups is 1. The maximum atomic E-state index is 12.2. The molecule has 6 heteroatoms. The molecule has 1 fully saturated rings. The highest BCUT2D eigenvalue weighted by Gasteiger charge is 2.19. The minimum atomic E-state index is -0.213. The summed E-state index contributed by atoms with van der Waals surface area (Å²) in [7, 11) is 3.76. The van der Waals surface area contributed by atoms with Crippen LogP contribution in [0.4, 0.5) is 4.79 Å². The van der Waals surface area contributed by atoms with Gasteiger partial charge in [0, 0.05) is 11.9 Å². The van der Waals surface area contributed by atoms with Crippen LogP contribution in [0.5, 0.6) is 5.75 Å². The molecule has 3 rings (SSSR count). The smallest absolute Gasteiger partial charge is 0.315 e. The first kappa shape index (κ1) is 17.6. The summed E-state index contributed by atoms with van der Waals surface area (Å²) in [5, 5.41) is 6.90. The largest absolute Gasteiger partial charge is 0.493 e. The zero-order valence-electron chi connectivity index (χ0n) is 15.2. The summed E-state index contributed by atoms with van der Waals surface area (Å²) in [6.07, 6.45) is 2.27. The third-order valence-corrected chi connectivity index (χ3v) is 4.91. The van der Waals surface area contributed by atoms with Crippen LogP contribution in [0.3, 0.4) is 0 Å². The van der Waals surface area contributed by atoms with Crippen LogP contribution in [0.25, 0.3) is 11.0 Å². The molecule has 6 nitrogen and oxygen atoms in total. The fourth-order valence-corrected chi connectivity index (χ4v) is 3.25. The molecular weight excluding hydrogens is 318 g/mol. The number of piperidine rings is 1. The van der Waals surface area contributed by atoms with E-state index in [0.29, 0.717) is 23.0 Å². The minimum absolute atomic E-state index is 0.154. The molecule has 1 aromatic carbocycles. The van der Waals surface area contributed by atoms with Gasteiger partial charge in [0.15, 0.2) is 11.3 Å². The Bertz CT molecular complexity index is 720. The van der Waals surface area contributed by atoms with Gasteiger partial charge in [-0.3, -0.25) is 0 Å². The highest BCUT2D eigenvalue weighted by molar-refractivity contribution is 5.84. The number of methoxy groups -OCH3 is 1. The number of fused-ring (bicyclic) bond motifs is 1. The number of nitrogens with zero attached hydrogens (tertiary/aromatic N) is 1. The topological polar surface area (TPSA) is 66.7 Å². The van der Waals surface area contributed by atoms with Crippen LogP contribution in [-0.2, 0) is 0 Å². The van der Waals surface area contributed by atoms with Crippen molar-refractivity contribution in [1.82, 2.24) is 15.5 Å². The molecule has 1 aromatic heterocycles. The maximum Gasteiger partial charge on any atom is 0.315 e. The van der Waals surface area contributed by atoms with E-state index in [1.54, 1.807) is 7.11 Å². The summed E-state index contributed by atoms with van der Waals surface area (Å²) in [6, 6.07) is 7.33. The van der Waals surface area contributed by atoms with E-state index >= 15 is 0 Å². The molecule has 25 heavy (non-hydrogen) atoms. The molecule has 1 unspecified atom stereocenters. The highest BCUT2D eigenvalue weighted by atomic mass is 16.5. The summed E-state index contributed by atoms with van der Waals surface area (Å²) in [5.74, 6) is 1.98. The van der Waals surface area contributed by atoms with Crippen molar-refractivity contribution in [3.63, 3.8) is 0 Å². The van der Waals surface area contributed by atoms with Crippen LogP contribution in [-0.4, -0.2) is 44.7 Å². The second-order valence-electron chi connectivity index (χ2n) is 6.85. The van der Waals surface area contributed by atoms with Crippen LogP contribution < -0.4 is 15.4 Å². The molecule has 0 spiro atoms. The number of benzene rings is 1. The second-order valence-corrected chi connectivity index (χ2v) is 6.85. The molecule has 0 radical (unpaired) electrons. The van der Waals surface area contributed by atoms with Crippen LogP contribution in [0.2, 0.25) is 0 Å². The van der Waals surface area contributed by atoms with Gasteiger partial charge in [0.1, 0.15) is 5.76 Å². The average molecular weight is 345 g/mol. The molecule has 0 bridgehead atoms. The van der Waals surface area contributed by atoms with E-state index in [0.717, 1.165) is 37.9 Å². The first-order valence-electron chi connectivity index (χ1n) is 8.86. The Morgan fingerprint density at radius 3 is 2.88 bits per heavy atom. The average Bonchev–Trinajstić information content (AvgIpc) is 3.05. The molecule has 2 aromatic rings. The molecule has 1 atom stereocenters. The van der Waals surface area contributed by atoms with Gasteiger partial charge in [-0.1, -0.05) is 12.1 Å². The Kier molecular flexibility index (Phi) is 5.48. The van der Waals surface area contributed by atoms with Gasteiger partial charge in [0.2, 0.25) is 0 Å². The third-order valence-electron chi connectivity index (χ3n) is 4.91. The molecule has 2 amide bonds. The van der Waals surface area contributed by atoms with E-state index in [1.165, 1.54) is 0 Å². The van der Waals surface area contributed by atoms with Crippen LogP contribution in [0.1, 0.15) is 31.6 Å². The van der Waals surface area contributed by atoms with Crippen molar-refractivity contribution in [2.75, 3.05) is 33.8 Å². The standard InChI is InChI=1S/C19H27N3O3/c1-13(17-11-15-5-4-6-16(24-3)18(15)25-17)21-19(23)20-12-14-7-9-22(2)10-8-14/h4-6,11,13-14H,7-10,12H2,1-3H3,(H2,20,21,23). The number of carbonyl (C=O) groups excluding carboxylic acids is 1. The fourth-order valence-electron chi connectivity index (χ4n) is 3.25. The number of amides is 2. The lowest BCUT2D eigenvalue weighted by Crippen LogP contribution is -2.41. The van der Waals surface area contributed by atoms with Crippen molar-refractivity contribution < 1.29 is 13.9 Å². The maximum absolute atomic E-state index is 12.2. The molecule has 2 heterocycles. The van der Waals surface area contributed by atoms with E-state index in [4.69, 9.17) is 9.15 Å². The normalized spacial score (nSPS) is 17.4. The predicted molar refractivity (Wildman–Crippen MR) is 97.9 cm³/mol. The Morgan fingerprint density at radius 2 is 2.16 bits per heavy atom. The van der Waals surface area contributed by atoms with Crippen molar-refractivity contribution in [3.05, 3.63) is 30.0 Å². The zero-order chi connectivity index (χ0) is 17.8. The zero-order valence-corrected chi connectivity index (χ0v) is 15.2. The summed E-state index contributed by atoms with van der Waals surface area (Å²) >= 11 is 0. The predicted octanol–water partition coefficient (Wildman–Crippen LogP) is 3.14. The first-order chi connectivity index (χ1) is 12.1. The third kappa shape index (κ3) is 4.25. The summed E-state index contributed by atoms with van der Waals surface area (Å²) in [5.41, 5.74) is 0.709. The Morgan fingerprint density at radius 1 is 1.40 bits per heavy atom. The van der Waals surface area contributed by atoms with Crippen molar-refractivity contribution in [3.8, 4) is 5.75 Å². The number of ether oxygens (including phenoxy) is 1. The van der Waals surface area contributed by atoms with E-state index < -0.39 is 0 Å². The van der Waals surface area contributed by atoms with Gasteiger partial charge < -0.3 is 24.7 Å². The number of carbonyl (C=O) groups is 1. The molecule has 136 valence electrons. The van der Waals surface area contributed by atoms with E-state index in [-0.39, 0.29) is 12.1 Å². The van der Waals surface area contributed by atoms with Gasteiger partial charge >= 0.3 is 6.03 Å². The highest BCUT2D eigenvalue weighted by Crippen LogP contribution is 2.30. The molecule has 1 saturated heterocycles. The van der Waals surface area contributed by atoms with Crippen LogP contribution in [0, 0.1) is 5.92 Å². The van der Waals surface area contributed by atoms with Crippen molar-refractivity contribution in [2.45, 2.75) is 25.8 Å². The van der Waals surface area contributed by atoms with E-state index in [9.17, 15) is 4.79 Å². The lowest BCUT2D eigenvalue weighted by Gasteiger charge is -2.29. The molecule has 1 aliphatic heterocycles. The van der Waals surface area contributed by atoms with Crippen molar-refractivity contribution in [2.24, 2.45) is 5.92 Å². The van der Waals surface area contributed by atoms with Gasteiger partial charge in [0.05, 0.1) is 13.2 Å². The summed E-state index contributed by atoms with van der Waals surface area (Å²) < 4.78 is 11.2. The lowest BCUT2D eigenvalue weighted by atomic mass is 9.97. The number of likely N-dealkylation sites (tertiary alicyclic amines) is 1. The number of furan rings is 1. The Balaban J connectivity index is 1.54. The Hall–Kier alpha value is -2.21. The monoisotopic (exact) mass is 345 g/mol. The van der Waals surface area contributed by atoms with Crippen LogP contribution >= 0.6 is 0 Å². The first-order valence-corrected chi connectivity index (χ1v) is 8.86. The second kappa shape index (κ2) is 7.78. The number of hydrogen-bond donors (Lipinski definition) is 2. The van der Waals surface area contributed by atoms with Gasteiger partial charge in [-0.25, -0.2) is 4.79 Å². The van der Waals surface area contributed by atoms with E-state index in [1.807, 2.05) is 31.2 Å². The molecular formula is C19H27N3O3. The Labute approximate surface area is 148 Å². The fraction of sp³-hybridized carbons (Fsp3) is 0.526.